The Hall–Kier alpha value is -0.120. The molecule has 1 aliphatic heterocycles. The molecule has 0 aromatic carbocycles. The maximum absolute atomic E-state index is 5.86. The number of likely N-dealkylation sites (N-methyl/N-ethyl adjacent to an activating group) is 1. The van der Waals surface area contributed by atoms with Crippen LogP contribution in [-0.2, 0) is 4.74 Å². The van der Waals surface area contributed by atoms with E-state index >= 15 is 0 Å². The molecule has 0 radical (unpaired) electrons. The van der Waals surface area contributed by atoms with Crippen molar-refractivity contribution in [2.24, 2.45) is 5.92 Å². The predicted molar refractivity (Wildman–Crippen MR) is 82.6 cm³/mol. The van der Waals surface area contributed by atoms with Gasteiger partial charge < -0.3 is 10.1 Å². The van der Waals surface area contributed by atoms with E-state index in [9.17, 15) is 0 Å². The Morgan fingerprint density at radius 2 is 2.05 bits per heavy atom. The minimum atomic E-state index is 0.461. The topological polar surface area (TPSA) is 24.5 Å². The summed E-state index contributed by atoms with van der Waals surface area (Å²) < 4.78 is 5.86. The van der Waals surface area contributed by atoms with Crippen molar-refractivity contribution in [1.29, 1.82) is 0 Å². The van der Waals surface area contributed by atoms with Crippen molar-refractivity contribution in [1.82, 2.24) is 10.2 Å². The lowest BCUT2D eigenvalue weighted by atomic mass is 10.1. The van der Waals surface area contributed by atoms with E-state index in [1.165, 1.54) is 32.1 Å². The summed E-state index contributed by atoms with van der Waals surface area (Å²) in [6, 6.07) is 0.647. The van der Waals surface area contributed by atoms with Crippen molar-refractivity contribution in [3.05, 3.63) is 0 Å². The standard InChI is InChI=1S/C16H34N2O/c1-5-8-15(12-17-11-14(2)3)18(4)13-16-9-6-7-10-19-16/h14-17H,5-13H2,1-4H3. The number of hydrogen-bond acceptors (Lipinski definition) is 3. The van der Waals surface area contributed by atoms with Gasteiger partial charge in [-0.15, -0.1) is 0 Å². The fourth-order valence-electron chi connectivity index (χ4n) is 2.77. The van der Waals surface area contributed by atoms with Gasteiger partial charge >= 0.3 is 0 Å². The molecule has 0 saturated carbocycles. The molecular weight excluding hydrogens is 236 g/mol. The van der Waals surface area contributed by atoms with Gasteiger partial charge in [-0.1, -0.05) is 27.2 Å². The largest absolute Gasteiger partial charge is 0.377 e. The van der Waals surface area contributed by atoms with Crippen LogP contribution in [0.4, 0.5) is 0 Å². The van der Waals surface area contributed by atoms with Crippen molar-refractivity contribution in [2.45, 2.75) is 65.0 Å². The first-order valence-corrected chi connectivity index (χ1v) is 8.16. The quantitative estimate of drug-likeness (QED) is 0.697. The van der Waals surface area contributed by atoms with Crippen molar-refractivity contribution in [3.63, 3.8) is 0 Å². The van der Waals surface area contributed by atoms with Crippen LogP contribution >= 0.6 is 0 Å². The van der Waals surface area contributed by atoms with E-state index in [2.05, 4.69) is 38.0 Å². The molecule has 1 aliphatic rings. The summed E-state index contributed by atoms with van der Waals surface area (Å²) in [6.45, 7) is 11.1. The van der Waals surface area contributed by atoms with Gasteiger partial charge in [0, 0.05) is 25.7 Å². The summed E-state index contributed by atoms with van der Waals surface area (Å²) in [5, 5.41) is 3.61. The van der Waals surface area contributed by atoms with Crippen LogP contribution in [0.3, 0.4) is 0 Å². The normalized spacial score (nSPS) is 22.1. The summed E-state index contributed by atoms with van der Waals surface area (Å²) in [4.78, 5) is 2.51. The van der Waals surface area contributed by atoms with E-state index < -0.39 is 0 Å². The average Bonchev–Trinajstić information content (AvgIpc) is 2.38. The molecule has 0 aliphatic carbocycles. The molecule has 1 N–H and O–H groups in total. The Morgan fingerprint density at radius 3 is 2.63 bits per heavy atom. The molecule has 0 bridgehead atoms. The van der Waals surface area contributed by atoms with Crippen molar-refractivity contribution in [2.75, 3.05) is 33.3 Å². The van der Waals surface area contributed by atoms with E-state index in [1.54, 1.807) is 0 Å². The highest BCUT2D eigenvalue weighted by Gasteiger charge is 2.20. The van der Waals surface area contributed by atoms with Gasteiger partial charge in [-0.25, -0.2) is 0 Å². The number of hydrogen-bond donors (Lipinski definition) is 1. The molecule has 2 unspecified atom stereocenters. The van der Waals surface area contributed by atoms with Crippen LogP contribution in [0, 0.1) is 5.92 Å². The lowest BCUT2D eigenvalue weighted by Crippen LogP contribution is -2.45. The monoisotopic (exact) mass is 270 g/mol. The molecule has 0 spiro atoms. The molecule has 3 nitrogen and oxygen atoms in total. The van der Waals surface area contributed by atoms with Gasteiger partial charge in [0.05, 0.1) is 6.10 Å². The first-order valence-electron chi connectivity index (χ1n) is 8.16. The molecule has 3 heteroatoms. The third-order valence-corrected chi connectivity index (χ3v) is 3.94. The van der Waals surface area contributed by atoms with Gasteiger partial charge in [-0.2, -0.15) is 0 Å². The molecule has 0 amide bonds. The van der Waals surface area contributed by atoms with E-state index in [0.717, 1.165) is 32.2 Å². The third-order valence-electron chi connectivity index (χ3n) is 3.94. The predicted octanol–water partition coefficient (Wildman–Crippen LogP) is 2.90. The Balaban J connectivity index is 2.31. The first-order chi connectivity index (χ1) is 9.13. The third kappa shape index (κ3) is 7.28. The number of rotatable bonds is 9. The minimum absolute atomic E-state index is 0.461. The van der Waals surface area contributed by atoms with Crippen LogP contribution < -0.4 is 5.32 Å². The molecule has 0 aromatic heterocycles. The van der Waals surface area contributed by atoms with Crippen molar-refractivity contribution in [3.8, 4) is 0 Å². The van der Waals surface area contributed by atoms with Gasteiger partial charge in [0.2, 0.25) is 0 Å². The lowest BCUT2D eigenvalue weighted by molar-refractivity contribution is -0.00876. The van der Waals surface area contributed by atoms with Crippen LogP contribution in [-0.4, -0.2) is 50.3 Å². The maximum Gasteiger partial charge on any atom is 0.0702 e. The maximum atomic E-state index is 5.86. The fraction of sp³-hybridized carbons (Fsp3) is 1.00. The number of nitrogens with zero attached hydrogens (tertiary/aromatic N) is 1. The summed E-state index contributed by atoms with van der Waals surface area (Å²) in [7, 11) is 2.26. The highest BCUT2D eigenvalue weighted by Crippen LogP contribution is 2.15. The zero-order chi connectivity index (χ0) is 14.1. The molecular formula is C16H34N2O. The van der Waals surface area contributed by atoms with E-state index in [1.807, 2.05) is 0 Å². The Labute approximate surface area is 120 Å². The average molecular weight is 270 g/mol. The Morgan fingerprint density at radius 1 is 1.26 bits per heavy atom. The molecule has 19 heavy (non-hydrogen) atoms. The second-order valence-electron chi connectivity index (χ2n) is 6.42. The number of ether oxygens (including phenoxy) is 1. The molecule has 1 fully saturated rings. The Kier molecular flexibility index (Phi) is 8.67. The van der Waals surface area contributed by atoms with E-state index in [-0.39, 0.29) is 0 Å². The van der Waals surface area contributed by atoms with Gasteiger partial charge in [0.25, 0.3) is 0 Å². The van der Waals surface area contributed by atoms with Crippen LogP contribution in [0.25, 0.3) is 0 Å². The van der Waals surface area contributed by atoms with Crippen molar-refractivity contribution >= 4 is 0 Å². The Bertz CT molecular complexity index is 215. The fourth-order valence-corrected chi connectivity index (χ4v) is 2.77. The zero-order valence-corrected chi connectivity index (χ0v) is 13.5. The molecule has 2 atom stereocenters. The van der Waals surface area contributed by atoms with Gasteiger partial charge in [0.15, 0.2) is 0 Å². The van der Waals surface area contributed by atoms with E-state index in [0.29, 0.717) is 12.1 Å². The summed E-state index contributed by atoms with van der Waals surface area (Å²) in [6.07, 6.45) is 6.81. The highest BCUT2D eigenvalue weighted by atomic mass is 16.5. The molecule has 1 heterocycles. The molecule has 114 valence electrons. The van der Waals surface area contributed by atoms with Crippen molar-refractivity contribution < 1.29 is 4.74 Å². The van der Waals surface area contributed by atoms with Gasteiger partial charge in [-0.05, 0) is 45.2 Å². The van der Waals surface area contributed by atoms with Crippen LogP contribution in [0.5, 0.6) is 0 Å². The first kappa shape index (κ1) is 16.9. The SMILES string of the molecule is CCCC(CNCC(C)C)N(C)CC1CCCCO1. The molecule has 1 saturated heterocycles. The van der Waals surface area contributed by atoms with Crippen LogP contribution in [0.15, 0.2) is 0 Å². The second-order valence-corrected chi connectivity index (χ2v) is 6.42. The summed E-state index contributed by atoms with van der Waals surface area (Å²) in [5.74, 6) is 0.731. The lowest BCUT2D eigenvalue weighted by Gasteiger charge is -2.33. The van der Waals surface area contributed by atoms with E-state index in [4.69, 9.17) is 4.74 Å². The van der Waals surface area contributed by atoms with Crippen LogP contribution in [0.1, 0.15) is 52.9 Å². The van der Waals surface area contributed by atoms with Crippen LogP contribution in [0.2, 0.25) is 0 Å². The zero-order valence-electron chi connectivity index (χ0n) is 13.5. The summed E-state index contributed by atoms with van der Waals surface area (Å²) in [5.41, 5.74) is 0. The number of nitrogens with one attached hydrogen (secondary N) is 1. The summed E-state index contributed by atoms with van der Waals surface area (Å²) >= 11 is 0. The second kappa shape index (κ2) is 9.73. The molecule has 1 rings (SSSR count). The highest BCUT2D eigenvalue weighted by molar-refractivity contribution is 4.76. The van der Waals surface area contributed by atoms with Gasteiger partial charge in [-0.3, -0.25) is 4.90 Å². The smallest absolute Gasteiger partial charge is 0.0702 e. The minimum Gasteiger partial charge on any atom is -0.377 e. The van der Waals surface area contributed by atoms with Gasteiger partial charge in [0.1, 0.15) is 0 Å². The molecule has 0 aromatic rings.